The number of anilines is 3. The largest absolute Gasteiger partial charge is 0.495 e. The molecule has 2 amide bonds. The predicted octanol–water partition coefficient (Wildman–Crippen LogP) is 5.39. The zero-order chi connectivity index (χ0) is 33.4. The average molecular weight is 643 g/mol. The number of aromatic nitrogens is 2. The van der Waals surface area contributed by atoms with E-state index in [1.165, 1.54) is 12.0 Å². The number of piperazine rings is 1. The van der Waals surface area contributed by atoms with Crippen LogP contribution in [0.1, 0.15) is 56.1 Å². The Hall–Kier alpha value is -4.91. The van der Waals surface area contributed by atoms with Gasteiger partial charge in [0, 0.05) is 43.4 Å². The lowest BCUT2D eigenvalue weighted by Crippen LogP contribution is -2.52. The monoisotopic (exact) mass is 642 g/mol. The summed E-state index contributed by atoms with van der Waals surface area (Å²) in [6.45, 7) is 11.0. The zero-order valence-electron chi connectivity index (χ0n) is 26.6. The molecule has 1 fully saturated rings. The molecule has 2 N–H and O–H groups in total. The average Bonchev–Trinajstić information content (AvgIpc) is 3.30. The molecule has 5 rings (SSSR count). The number of ether oxygens (including phenoxy) is 2. The maximum atomic E-state index is 13.3. The lowest BCUT2D eigenvalue weighted by Gasteiger charge is -2.31. The van der Waals surface area contributed by atoms with Crippen LogP contribution in [0.4, 0.5) is 22.1 Å². The van der Waals surface area contributed by atoms with Gasteiger partial charge in [0.05, 0.1) is 46.4 Å². The maximum absolute atomic E-state index is 13.3. The van der Waals surface area contributed by atoms with Crippen LogP contribution < -0.4 is 20.3 Å². The fourth-order valence-electron chi connectivity index (χ4n) is 5.58. The molecule has 0 saturated carbocycles. The van der Waals surface area contributed by atoms with E-state index >= 15 is 0 Å². The minimum atomic E-state index is -0.684. The van der Waals surface area contributed by atoms with Gasteiger partial charge < -0.3 is 19.7 Å². The molecule has 2 aliphatic heterocycles. The number of nitrogens with zero attached hydrogens (tertiary/aromatic N) is 6. The second-order valence-corrected chi connectivity index (χ2v) is 13.2. The van der Waals surface area contributed by atoms with E-state index in [1.807, 2.05) is 19.9 Å². The van der Waals surface area contributed by atoms with Crippen LogP contribution >= 0.6 is 11.6 Å². The molecule has 1 saturated heterocycles. The molecule has 1 atom stereocenters. The molecule has 0 aliphatic carbocycles. The predicted molar refractivity (Wildman–Crippen MR) is 173 cm³/mol. The highest BCUT2D eigenvalue weighted by Crippen LogP contribution is 2.45. The highest BCUT2D eigenvalue weighted by Gasteiger charge is 2.42. The number of hydrogen-bond donors (Lipinski definition) is 2. The van der Waals surface area contributed by atoms with Crippen molar-refractivity contribution in [3.63, 3.8) is 0 Å². The summed E-state index contributed by atoms with van der Waals surface area (Å²) in [6, 6.07) is 12.4. The molecule has 0 bridgehead atoms. The van der Waals surface area contributed by atoms with E-state index in [0.717, 1.165) is 5.56 Å². The molecular weight excluding hydrogens is 608 g/mol. The lowest BCUT2D eigenvalue weighted by molar-refractivity contribution is 0.0578. The zero-order valence-corrected chi connectivity index (χ0v) is 27.3. The fourth-order valence-corrected chi connectivity index (χ4v) is 5.83. The molecule has 46 heavy (non-hydrogen) atoms. The van der Waals surface area contributed by atoms with Gasteiger partial charge in [-0.3, -0.25) is 15.0 Å². The molecule has 12 nitrogen and oxygen atoms in total. The van der Waals surface area contributed by atoms with Gasteiger partial charge in [0.15, 0.2) is 0 Å². The summed E-state index contributed by atoms with van der Waals surface area (Å²) in [5, 5.41) is 25.8. The number of hydrogen-bond acceptors (Lipinski definition) is 10. The quantitative estimate of drug-likeness (QED) is 0.370. The number of amides is 2. The van der Waals surface area contributed by atoms with Gasteiger partial charge in [-0.1, -0.05) is 25.4 Å². The second kappa shape index (κ2) is 12.5. The molecule has 0 spiro atoms. The summed E-state index contributed by atoms with van der Waals surface area (Å²) in [4.78, 5) is 38.5. The number of fused-ring (bicyclic) bond motifs is 1. The molecule has 2 aliphatic rings. The number of methoxy groups -OCH3 is 1. The summed E-state index contributed by atoms with van der Waals surface area (Å²) < 4.78 is 11.2. The van der Waals surface area contributed by atoms with E-state index < -0.39 is 23.2 Å². The Balaban J connectivity index is 1.45. The Bertz CT molecular complexity index is 1790. The second-order valence-electron chi connectivity index (χ2n) is 12.8. The van der Waals surface area contributed by atoms with Gasteiger partial charge >= 0.3 is 6.09 Å². The Morgan fingerprint density at radius 2 is 1.96 bits per heavy atom. The van der Waals surface area contributed by atoms with Crippen molar-refractivity contribution in [1.29, 1.82) is 10.5 Å². The minimum Gasteiger partial charge on any atom is -0.495 e. The maximum Gasteiger partial charge on any atom is 0.414 e. The smallest absolute Gasteiger partial charge is 0.414 e. The molecule has 238 valence electrons. The van der Waals surface area contributed by atoms with Crippen molar-refractivity contribution >= 4 is 40.9 Å². The van der Waals surface area contributed by atoms with Gasteiger partial charge in [-0.15, -0.1) is 0 Å². The summed E-state index contributed by atoms with van der Waals surface area (Å²) in [7, 11) is 1.48. The molecule has 13 heteroatoms. The number of carbonyl (C=O) groups is 2. The van der Waals surface area contributed by atoms with Crippen molar-refractivity contribution in [2.75, 3.05) is 43.5 Å². The van der Waals surface area contributed by atoms with Crippen LogP contribution in [0.15, 0.2) is 36.5 Å². The highest BCUT2D eigenvalue weighted by atomic mass is 35.5. The van der Waals surface area contributed by atoms with E-state index in [2.05, 4.69) is 27.8 Å². The molecule has 3 aromatic rings. The lowest BCUT2D eigenvalue weighted by atomic mass is 9.85. The van der Waals surface area contributed by atoms with Crippen molar-refractivity contribution in [2.45, 2.75) is 51.7 Å². The van der Waals surface area contributed by atoms with Crippen LogP contribution in [0.5, 0.6) is 5.75 Å². The van der Waals surface area contributed by atoms with Crippen molar-refractivity contribution in [2.24, 2.45) is 0 Å². The highest BCUT2D eigenvalue weighted by molar-refractivity contribution is 6.34. The number of rotatable bonds is 5. The van der Waals surface area contributed by atoms with Gasteiger partial charge in [0.2, 0.25) is 5.95 Å². The van der Waals surface area contributed by atoms with Crippen molar-refractivity contribution in [1.82, 2.24) is 20.2 Å². The van der Waals surface area contributed by atoms with Crippen LogP contribution in [-0.2, 0) is 10.2 Å². The molecule has 1 aromatic heterocycles. The number of nitriles is 2. The molecule has 1 unspecified atom stereocenters. The standard InChI is InChI=1S/C33H35ClN8O4/c1-32(2,3)46-31(44)42-18-33(4,5)23-12-19(11-20(15-35)28(23)42)25-7-8-38-30(39-25)40-26-14-24(34)22(13-27(26)45-6)29(43)41-10-9-37-21(16-36)17-41/h7-8,11-14,21,37H,9-10,17-18H2,1-6H3,(H,38,39,40). The first-order valence-electron chi connectivity index (χ1n) is 14.7. The third kappa shape index (κ3) is 6.54. The van der Waals surface area contributed by atoms with Crippen molar-refractivity contribution in [3.8, 4) is 29.1 Å². The normalized spacial score (nSPS) is 17.0. The summed E-state index contributed by atoms with van der Waals surface area (Å²) >= 11 is 6.59. The Kier molecular flexibility index (Phi) is 8.81. The fraction of sp³-hybridized carbons (Fsp3) is 0.394. The van der Waals surface area contributed by atoms with E-state index in [4.69, 9.17) is 26.1 Å². The van der Waals surface area contributed by atoms with Crippen LogP contribution in [0.25, 0.3) is 11.3 Å². The van der Waals surface area contributed by atoms with Crippen LogP contribution in [0, 0.1) is 22.7 Å². The molecule has 3 heterocycles. The Morgan fingerprint density at radius 1 is 1.20 bits per heavy atom. The first kappa shape index (κ1) is 32.5. The third-order valence-corrected chi connectivity index (χ3v) is 8.05. The van der Waals surface area contributed by atoms with Gasteiger partial charge in [-0.2, -0.15) is 10.5 Å². The molecule has 0 radical (unpaired) electrons. The Labute approximate surface area is 272 Å². The number of benzene rings is 2. The van der Waals surface area contributed by atoms with Gasteiger partial charge in [0.25, 0.3) is 5.91 Å². The third-order valence-electron chi connectivity index (χ3n) is 7.73. The van der Waals surface area contributed by atoms with Gasteiger partial charge in [-0.25, -0.2) is 14.8 Å². The van der Waals surface area contributed by atoms with Gasteiger partial charge in [-0.05, 0) is 56.7 Å². The number of carbonyl (C=O) groups excluding carboxylic acids is 2. The van der Waals surface area contributed by atoms with Crippen LogP contribution in [0.3, 0.4) is 0 Å². The van der Waals surface area contributed by atoms with Crippen molar-refractivity contribution in [3.05, 3.63) is 58.2 Å². The number of halogens is 1. The summed E-state index contributed by atoms with van der Waals surface area (Å²) in [6.07, 6.45) is 1.08. The summed E-state index contributed by atoms with van der Waals surface area (Å²) in [5.74, 6) is 0.286. The summed E-state index contributed by atoms with van der Waals surface area (Å²) in [5.41, 5.74) is 2.48. The van der Waals surface area contributed by atoms with E-state index in [9.17, 15) is 20.1 Å². The van der Waals surface area contributed by atoms with Gasteiger partial charge in [0.1, 0.15) is 23.5 Å². The van der Waals surface area contributed by atoms with E-state index in [1.54, 1.807) is 56.1 Å². The Morgan fingerprint density at radius 3 is 2.63 bits per heavy atom. The molecular formula is C33H35ClN8O4. The number of nitrogens with one attached hydrogen (secondary N) is 2. The minimum absolute atomic E-state index is 0.200. The topological polar surface area (TPSA) is 156 Å². The first-order valence-corrected chi connectivity index (χ1v) is 15.1. The molecule has 2 aromatic carbocycles. The van der Waals surface area contributed by atoms with Crippen molar-refractivity contribution < 1.29 is 19.1 Å². The SMILES string of the molecule is COc1cc(C(=O)N2CCNC(C#N)C2)c(Cl)cc1Nc1nccc(-c2cc(C#N)c3c(c2)C(C)(C)CN3C(=O)OC(C)(C)C)n1. The van der Waals surface area contributed by atoms with E-state index in [0.29, 0.717) is 53.6 Å². The first-order chi connectivity index (χ1) is 21.7. The van der Waals surface area contributed by atoms with E-state index in [-0.39, 0.29) is 29.0 Å². The van der Waals surface area contributed by atoms with Crippen LogP contribution in [-0.4, -0.2) is 71.8 Å². The van der Waals surface area contributed by atoms with Crippen LogP contribution in [0.2, 0.25) is 5.02 Å².